The van der Waals surface area contributed by atoms with Gasteiger partial charge in [-0.15, -0.1) is 0 Å². The monoisotopic (exact) mass is 241 g/mol. The van der Waals surface area contributed by atoms with E-state index in [1.165, 1.54) is 0 Å². The zero-order chi connectivity index (χ0) is 12.7. The fraction of sp³-hybridized carbons (Fsp3) is 0.231. The third-order valence-electron chi connectivity index (χ3n) is 3.08. The molecule has 5 heteroatoms. The van der Waals surface area contributed by atoms with Gasteiger partial charge in [-0.3, -0.25) is 4.57 Å². The maximum absolute atomic E-state index is 6.03. The van der Waals surface area contributed by atoms with Gasteiger partial charge in [0, 0.05) is 7.05 Å². The van der Waals surface area contributed by atoms with E-state index in [1.807, 2.05) is 46.6 Å². The minimum Gasteiger partial charge on any atom is -0.369 e. The summed E-state index contributed by atoms with van der Waals surface area (Å²) in [6.45, 7) is 2.07. The van der Waals surface area contributed by atoms with Gasteiger partial charge in [0.05, 0.1) is 11.4 Å². The van der Waals surface area contributed by atoms with E-state index < -0.39 is 0 Å². The Labute approximate surface area is 105 Å². The molecule has 2 heterocycles. The number of fused-ring (bicyclic) bond motifs is 1. The normalized spacial score (nSPS) is 11.2. The van der Waals surface area contributed by atoms with E-state index in [0.29, 0.717) is 5.95 Å². The Balaban J connectivity index is 2.36. The van der Waals surface area contributed by atoms with Gasteiger partial charge in [0.1, 0.15) is 5.52 Å². The third-order valence-corrected chi connectivity index (χ3v) is 3.08. The summed E-state index contributed by atoms with van der Waals surface area (Å²) in [4.78, 5) is 4.44. The quantitative estimate of drug-likeness (QED) is 0.745. The van der Waals surface area contributed by atoms with Crippen LogP contribution in [0, 0.1) is 0 Å². The lowest BCUT2D eigenvalue weighted by atomic mass is 10.3. The second kappa shape index (κ2) is 3.87. The van der Waals surface area contributed by atoms with Crippen LogP contribution in [0.4, 0.5) is 5.95 Å². The molecule has 0 bridgehead atoms. The van der Waals surface area contributed by atoms with Gasteiger partial charge in [-0.1, -0.05) is 25.1 Å². The second-order valence-electron chi connectivity index (χ2n) is 4.24. The fourth-order valence-electron chi connectivity index (χ4n) is 2.27. The Morgan fingerprint density at radius 2 is 1.94 bits per heavy atom. The molecule has 0 aliphatic rings. The van der Waals surface area contributed by atoms with Crippen molar-refractivity contribution in [1.82, 2.24) is 19.3 Å². The highest BCUT2D eigenvalue weighted by atomic mass is 15.3. The van der Waals surface area contributed by atoms with E-state index in [4.69, 9.17) is 5.73 Å². The molecular formula is C13H15N5. The molecule has 92 valence electrons. The molecule has 3 rings (SSSR count). The molecule has 5 nitrogen and oxygen atoms in total. The van der Waals surface area contributed by atoms with Crippen LogP contribution in [0.3, 0.4) is 0 Å². The number of nitrogens with two attached hydrogens (primary N) is 1. The molecule has 0 spiro atoms. The number of rotatable bonds is 2. The van der Waals surface area contributed by atoms with Crippen molar-refractivity contribution < 1.29 is 0 Å². The molecule has 2 aromatic heterocycles. The SMILES string of the molecule is CCc1nn(C)c2c1nc(N)n2-c1ccccc1. The number of benzene rings is 1. The first-order valence-electron chi connectivity index (χ1n) is 5.97. The van der Waals surface area contributed by atoms with Crippen LogP contribution in [-0.4, -0.2) is 19.3 Å². The van der Waals surface area contributed by atoms with Crippen LogP contribution in [0.2, 0.25) is 0 Å². The first-order chi connectivity index (χ1) is 8.72. The molecule has 0 unspecified atom stereocenters. The Bertz CT molecular complexity index is 693. The number of anilines is 1. The van der Waals surface area contributed by atoms with Crippen LogP contribution < -0.4 is 5.73 Å². The Hall–Kier alpha value is -2.30. The summed E-state index contributed by atoms with van der Waals surface area (Å²) < 4.78 is 3.77. The zero-order valence-corrected chi connectivity index (χ0v) is 10.5. The van der Waals surface area contributed by atoms with Gasteiger partial charge >= 0.3 is 0 Å². The number of aromatic nitrogens is 4. The summed E-state index contributed by atoms with van der Waals surface area (Å²) in [6, 6.07) is 9.97. The lowest BCUT2D eigenvalue weighted by molar-refractivity contribution is 0.751. The maximum Gasteiger partial charge on any atom is 0.207 e. The molecule has 0 saturated heterocycles. The van der Waals surface area contributed by atoms with E-state index in [1.54, 1.807) is 0 Å². The first-order valence-corrected chi connectivity index (χ1v) is 5.97. The number of hydrogen-bond donors (Lipinski definition) is 1. The highest BCUT2D eigenvalue weighted by Gasteiger charge is 2.17. The van der Waals surface area contributed by atoms with Gasteiger partial charge in [-0.05, 0) is 18.6 Å². The van der Waals surface area contributed by atoms with Crippen molar-refractivity contribution in [3.63, 3.8) is 0 Å². The summed E-state index contributed by atoms with van der Waals surface area (Å²) in [6.07, 6.45) is 0.850. The number of aryl methyl sites for hydroxylation is 2. The van der Waals surface area contributed by atoms with E-state index >= 15 is 0 Å². The lowest BCUT2D eigenvalue weighted by Crippen LogP contribution is -2.04. The highest BCUT2D eigenvalue weighted by Crippen LogP contribution is 2.24. The summed E-state index contributed by atoms with van der Waals surface area (Å²) >= 11 is 0. The minimum absolute atomic E-state index is 0.499. The van der Waals surface area contributed by atoms with Crippen LogP contribution in [0.25, 0.3) is 16.9 Å². The maximum atomic E-state index is 6.03. The van der Waals surface area contributed by atoms with Crippen LogP contribution in [-0.2, 0) is 13.5 Å². The van der Waals surface area contributed by atoms with Crippen molar-refractivity contribution in [2.24, 2.45) is 7.05 Å². The summed E-state index contributed by atoms with van der Waals surface area (Å²) in [5.41, 5.74) is 9.85. The van der Waals surface area contributed by atoms with E-state index in [-0.39, 0.29) is 0 Å². The van der Waals surface area contributed by atoms with Crippen LogP contribution >= 0.6 is 0 Å². The van der Waals surface area contributed by atoms with Crippen molar-refractivity contribution >= 4 is 17.1 Å². The second-order valence-corrected chi connectivity index (χ2v) is 4.24. The lowest BCUT2D eigenvalue weighted by Gasteiger charge is -2.06. The predicted molar refractivity (Wildman–Crippen MR) is 71.6 cm³/mol. The van der Waals surface area contributed by atoms with Gasteiger partial charge in [0.25, 0.3) is 0 Å². The van der Waals surface area contributed by atoms with Gasteiger partial charge < -0.3 is 5.73 Å². The van der Waals surface area contributed by atoms with Crippen molar-refractivity contribution in [2.75, 3.05) is 5.73 Å². The molecule has 0 amide bonds. The van der Waals surface area contributed by atoms with Gasteiger partial charge in [-0.25, -0.2) is 9.67 Å². The molecule has 0 saturated carbocycles. The fourth-order valence-corrected chi connectivity index (χ4v) is 2.27. The Kier molecular flexibility index (Phi) is 2.33. The molecule has 0 aliphatic carbocycles. The standard InChI is InChI=1S/C13H15N5/c1-3-10-11-12(17(2)16-10)18(13(14)15-11)9-7-5-4-6-8-9/h4-8H,3H2,1-2H3,(H2,14,15). The van der Waals surface area contributed by atoms with E-state index in [9.17, 15) is 0 Å². The molecule has 0 fully saturated rings. The molecule has 18 heavy (non-hydrogen) atoms. The number of nitrogens with zero attached hydrogens (tertiary/aromatic N) is 4. The van der Waals surface area contributed by atoms with Crippen molar-refractivity contribution in [3.05, 3.63) is 36.0 Å². The molecule has 2 N–H and O–H groups in total. The molecule has 0 atom stereocenters. The Morgan fingerprint density at radius 1 is 1.22 bits per heavy atom. The van der Waals surface area contributed by atoms with Crippen LogP contribution in [0.1, 0.15) is 12.6 Å². The summed E-state index contributed by atoms with van der Waals surface area (Å²) in [5, 5.41) is 4.47. The van der Waals surface area contributed by atoms with Crippen molar-refractivity contribution in [2.45, 2.75) is 13.3 Å². The first kappa shape index (κ1) is 10.8. The summed E-state index contributed by atoms with van der Waals surface area (Å²) in [7, 11) is 1.92. The molecule has 0 aliphatic heterocycles. The highest BCUT2D eigenvalue weighted by molar-refractivity contribution is 5.80. The van der Waals surface area contributed by atoms with Gasteiger partial charge in [-0.2, -0.15) is 5.10 Å². The van der Waals surface area contributed by atoms with Crippen LogP contribution in [0.5, 0.6) is 0 Å². The molecule has 1 aromatic carbocycles. The van der Waals surface area contributed by atoms with Crippen LogP contribution in [0.15, 0.2) is 30.3 Å². The number of imidazole rings is 1. The minimum atomic E-state index is 0.499. The smallest absolute Gasteiger partial charge is 0.207 e. The van der Waals surface area contributed by atoms with E-state index in [2.05, 4.69) is 17.0 Å². The molecule has 0 radical (unpaired) electrons. The predicted octanol–water partition coefficient (Wildman–Crippen LogP) is 1.90. The van der Waals surface area contributed by atoms with Crippen molar-refractivity contribution in [3.8, 4) is 5.69 Å². The number of hydrogen-bond acceptors (Lipinski definition) is 3. The molecule has 3 aromatic rings. The van der Waals surface area contributed by atoms with Gasteiger partial charge in [0.2, 0.25) is 5.95 Å². The average Bonchev–Trinajstić information content (AvgIpc) is 2.87. The number of nitrogen functional groups attached to an aromatic ring is 1. The van der Waals surface area contributed by atoms with Crippen molar-refractivity contribution in [1.29, 1.82) is 0 Å². The Morgan fingerprint density at radius 3 is 2.61 bits per heavy atom. The zero-order valence-electron chi connectivity index (χ0n) is 10.5. The molecular weight excluding hydrogens is 226 g/mol. The number of para-hydroxylation sites is 1. The van der Waals surface area contributed by atoms with E-state index in [0.717, 1.165) is 29.0 Å². The average molecular weight is 241 g/mol. The van der Waals surface area contributed by atoms with Gasteiger partial charge in [0.15, 0.2) is 5.65 Å². The summed E-state index contributed by atoms with van der Waals surface area (Å²) in [5.74, 6) is 0.499. The third kappa shape index (κ3) is 1.40. The largest absolute Gasteiger partial charge is 0.369 e. The topological polar surface area (TPSA) is 61.7 Å².